The summed E-state index contributed by atoms with van der Waals surface area (Å²) in [6.45, 7) is 6.38. The SMILES string of the molecule is CCC(C)(C)c1ccc(OCC(=O)Nc2ccc([N+](=O)[O-])cc2)cc1. The van der Waals surface area contributed by atoms with Crippen molar-refractivity contribution in [2.75, 3.05) is 11.9 Å². The Labute approximate surface area is 147 Å². The third kappa shape index (κ3) is 5.04. The van der Waals surface area contributed by atoms with Gasteiger partial charge in [0.2, 0.25) is 0 Å². The monoisotopic (exact) mass is 342 g/mol. The van der Waals surface area contributed by atoms with Crippen LogP contribution in [0.25, 0.3) is 0 Å². The van der Waals surface area contributed by atoms with E-state index in [-0.39, 0.29) is 23.6 Å². The molecular formula is C19H22N2O4. The molecular weight excluding hydrogens is 320 g/mol. The number of nitrogens with zero attached hydrogens (tertiary/aromatic N) is 1. The van der Waals surface area contributed by atoms with Crippen LogP contribution in [0.2, 0.25) is 0 Å². The van der Waals surface area contributed by atoms with E-state index in [9.17, 15) is 14.9 Å². The minimum absolute atomic E-state index is 0.0238. The quantitative estimate of drug-likeness (QED) is 0.601. The van der Waals surface area contributed by atoms with Gasteiger partial charge in [0.15, 0.2) is 6.61 Å². The highest BCUT2D eigenvalue weighted by Gasteiger charge is 2.17. The summed E-state index contributed by atoms with van der Waals surface area (Å²) in [6, 6.07) is 13.4. The van der Waals surface area contributed by atoms with E-state index < -0.39 is 4.92 Å². The molecule has 6 nitrogen and oxygen atoms in total. The molecule has 1 N–H and O–H groups in total. The molecule has 2 rings (SSSR count). The van der Waals surface area contributed by atoms with E-state index in [1.165, 1.54) is 29.8 Å². The molecule has 0 unspecified atom stereocenters. The Balaban J connectivity index is 1.88. The molecule has 2 aromatic rings. The first kappa shape index (κ1) is 18.4. The maximum absolute atomic E-state index is 11.9. The highest BCUT2D eigenvalue weighted by Crippen LogP contribution is 2.28. The lowest BCUT2D eigenvalue weighted by molar-refractivity contribution is -0.384. The second-order valence-electron chi connectivity index (χ2n) is 6.40. The number of carbonyl (C=O) groups is 1. The number of hydrogen-bond acceptors (Lipinski definition) is 4. The molecule has 0 saturated carbocycles. The van der Waals surface area contributed by atoms with E-state index in [4.69, 9.17) is 4.74 Å². The molecule has 1 amide bonds. The number of carbonyl (C=O) groups excluding carboxylic acids is 1. The van der Waals surface area contributed by atoms with Gasteiger partial charge in [0.25, 0.3) is 11.6 Å². The molecule has 6 heteroatoms. The summed E-state index contributed by atoms with van der Waals surface area (Å²) in [5, 5.41) is 13.2. The van der Waals surface area contributed by atoms with Crippen molar-refractivity contribution in [2.24, 2.45) is 0 Å². The number of nitro groups is 1. The summed E-state index contributed by atoms with van der Waals surface area (Å²) >= 11 is 0. The number of nitrogens with one attached hydrogen (secondary N) is 1. The van der Waals surface area contributed by atoms with Crippen molar-refractivity contribution in [3.63, 3.8) is 0 Å². The molecule has 0 spiro atoms. The number of amides is 1. The van der Waals surface area contributed by atoms with Gasteiger partial charge in [0.1, 0.15) is 5.75 Å². The van der Waals surface area contributed by atoms with Crippen LogP contribution in [0.4, 0.5) is 11.4 Å². The van der Waals surface area contributed by atoms with Crippen molar-refractivity contribution in [3.05, 3.63) is 64.2 Å². The van der Waals surface area contributed by atoms with Gasteiger partial charge in [-0.2, -0.15) is 0 Å². The zero-order valence-electron chi connectivity index (χ0n) is 14.6. The molecule has 0 fully saturated rings. The van der Waals surface area contributed by atoms with Gasteiger partial charge in [-0.3, -0.25) is 14.9 Å². The first-order chi connectivity index (χ1) is 11.8. The molecule has 0 heterocycles. The van der Waals surface area contributed by atoms with Crippen LogP contribution < -0.4 is 10.1 Å². The topological polar surface area (TPSA) is 81.5 Å². The van der Waals surface area contributed by atoms with Crippen LogP contribution in [0.3, 0.4) is 0 Å². The number of rotatable bonds is 7. The smallest absolute Gasteiger partial charge is 0.269 e. The van der Waals surface area contributed by atoms with E-state index in [1.54, 1.807) is 0 Å². The van der Waals surface area contributed by atoms with E-state index >= 15 is 0 Å². The summed E-state index contributed by atoms with van der Waals surface area (Å²) in [4.78, 5) is 22.0. The largest absolute Gasteiger partial charge is 0.484 e. The molecule has 0 bridgehead atoms. The molecule has 0 aliphatic heterocycles. The maximum Gasteiger partial charge on any atom is 0.269 e. The average molecular weight is 342 g/mol. The zero-order valence-corrected chi connectivity index (χ0v) is 14.6. The van der Waals surface area contributed by atoms with Gasteiger partial charge >= 0.3 is 0 Å². The predicted octanol–water partition coefficient (Wildman–Crippen LogP) is 4.30. The Morgan fingerprint density at radius 3 is 2.24 bits per heavy atom. The van der Waals surface area contributed by atoms with Crippen LogP contribution in [0.15, 0.2) is 48.5 Å². The minimum atomic E-state index is -0.488. The van der Waals surface area contributed by atoms with Crippen LogP contribution in [-0.2, 0) is 10.2 Å². The Bertz CT molecular complexity index is 737. The lowest BCUT2D eigenvalue weighted by Crippen LogP contribution is -2.20. The third-order valence-electron chi connectivity index (χ3n) is 4.25. The Morgan fingerprint density at radius 2 is 1.72 bits per heavy atom. The van der Waals surface area contributed by atoms with Gasteiger partial charge in [-0.25, -0.2) is 0 Å². The van der Waals surface area contributed by atoms with Crippen LogP contribution in [0.5, 0.6) is 5.75 Å². The maximum atomic E-state index is 11.9. The van der Waals surface area contributed by atoms with Gasteiger partial charge < -0.3 is 10.1 Å². The second-order valence-corrected chi connectivity index (χ2v) is 6.40. The highest BCUT2D eigenvalue weighted by molar-refractivity contribution is 5.91. The van der Waals surface area contributed by atoms with E-state index in [0.717, 1.165) is 6.42 Å². The van der Waals surface area contributed by atoms with E-state index in [1.807, 2.05) is 24.3 Å². The standard InChI is InChI=1S/C19H22N2O4/c1-4-19(2,3)14-5-11-17(12-6-14)25-13-18(22)20-15-7-9-16(10-8-15)21(23)24/h5-12H,4,13H2,1-3H3,(H,20,22). The van der Waals surface area contributed by atoms with E-state index in [2.05, 4.69) is 26.1 Å². The fourth-order valence-corrected chi connectivity index (χ4v) is 2.22. The number of nitro benzene ring substituents is 1. The number of non-ortho nitro benzene ring substituents is 1. The number of hydrogen-bond donors (Lipinski definition) is 1. The van der Waals surface area contributed by atoms with Crippen molar-refractivity contribution < 1.29 is 14.5 Å². The number of ether oxygens (including phenoxy) is 1. The molecule has 2 aromatic carbocycles. The van der Waals surface area contributed by atoms with Crippen LogP contribution in [0.1, 0.15) is 32.8 Å². The van der Waals surface area contributed by atoms with Crippen LogP contribution in [0, 0.1) is 10.1 Å². The van der Waals surface area contributed by atoms with Gasteiger partial charge in [0.05, 0.1) is 4.92 Å². The molecule has 0 aliphatic rings. The molecule has 132 valence electrons. The first-order valence-electron chi connectivity index (χ1n) is 8.09. The Hall–Kier alpha value is -2.89. The lowest BCUT2D eigenvalue weighted by Gasteiger charge is -2.23. The van der Waals surface area contributed by atoms with Crippen molar-refractivity contribution in [2.45, 2.75) is 32.6 Å². The summed E-state index contributed by atoms with van der Waals surface area (Å²) in [5.74, 6) is 0.293. The van der Waals surface area contributed by atoms with Crippen molar-refractivity contribution in [3.8, 4) is 5.75 Å². The molecule has 0 atom stereocenters. The Morgan fingerprint density at radius 1 is 1.12 bits per heavy atom. The number of benzene rings is 2. The zero-order chi connectivity index (χ0) is 18.4. The molecule has 0 radical (unpaired) electrons. The van der Waals surface area contributed by atoms with Crippen molar-refractivity contribution in [1.29, 1.82) is 0 Å². The van der Waals surface area contributed by atoms with Crippen LogP contribution >= 0.6 is 0 Å². The van der Waals surface area contributed by atoms with E-state index in [0.29, 0.717) is 11.4 Å². The Kier molecular flexibility index (Phi) is 5.75. The van der Waals surface area contributed by atoms with Gasteiger partial charge in [-0.05, 0) is 41.7 Å². The summed E-state index contributed by atoms with van der Waals surface area (Å²) in [6.07, 6.45) is 1.03. The fraction of sp³-hybridized carbons (Fsp3) is 0.316. The first-order valence-corrected chi connectivity index (χ1v) is 8.09. The molecule has 25 heavy (non-hydrogen) atoms. The molecule has 0 aliphatic carbocycles. The fourth-order valence-electron chi connectivity index (χ4n) is 2.22. The third-order valence-corrected chi connectivity index (χ3v) is 4.25. The van der Waals surface area contributed by atoms with Gasteiger partial charge in [0, 0.05) is 17.8 Å². The minimum Gasteiger partial charge on any atom is -0.484 e. The summed E-state index contributed by atoms with van der Waals surface area (Å²) in [5.41, 5.74) is 1.78. The lowest BCUT2D eigenvalue weighted by atomic mass is 9.82. The van der Waals surface area contributed by atoms with Crippen molar-refractivity contribution in [1.82, 2.24) is 0 Å². The van der Waals surface area contributed by atoms with Crippen molar-refractivity contribution >= 4 is 17.3 Å². The highest BCUT2D eigenvalue weighted by atomic mass is 16.6. The molecule has 0 aromatic heterocycles. The summed E-state index contributed by atoms with van der Waals surface area (Å²) < 4.78 is 5.48. The average Bonchev–Trinajstić information content (AvgIpc) is 2.61. The molecule has 0 saturated heterocycles. The van der Waals surface area contributed by atoms with Gasteiger partial charge in [-0.15, -0.1) is 0 Å². The normalized spacial score (nSPS) is 11.0. The van der Waals surface area contributed by atoms with Gasteiger partial charge in [-0.1, -0.05) is 32.9 Å². The summed E-state index contributed by atoms with van der Waals surface area (Å²) in [7, 11) is 0. The second kappa shape index (κ2) is 7.79. The number of anilines is 1. The predicted molar refractivity (Wildman–Crippen MR) is 97.0 cm³/mol. The van der Waals surface area contributed by atoms with Crippen LogP contribution in [-0.4, -0.2) is 17.4 Å².